The molecular formula is C29H31F3N6O3S. The quantitative estimate of drug-likeness (QED) is 0.134. The Hall–Kier alpha value is -4.23. The molecule has 0 aliphatic rings. The zero-order valence-corrected chi connectivity index (χ0v) is 23.9. The van der Waals surface area contributed by atoms with E-state index in [4.69, 9.17) is 4.74 Å². The molecule has 0 saturated heterocycles. The van der Waals surface area contributed by atoms with Crippen molar-refractivity contribution >= 4 is 18.0 Å². The van der Waals surface area contributed by atoms with Crippen molar-refractivity contribution in [3.8, 4) is 28.6 Å². The summed E-state index contributed by atoms with van der Waals surface area (Å²) in [6.45, 7) is 3.63. The van der Waals surface area contributed by atoms with Crippen molar-refractivity contribution in [1.29, 1.82) is 0 Å². The van der Waals surface area contributed by atoms with Crippen LogP contribution in [0.15, 0.2) is 78.0 Å². The smallest absolute Gasteiger partial charge is 0.497 e. The molecule has 0 spiro atoms. The molecule has 2 amide bonds. The molecule has 4 rings (SSSR count). The van der Waals surface area contributed by atoms with Gasteiger partial charge in [0.15, 0.2) is 5.82 Å². The minimum atomic E-state index is -4.75. The molecule has 1 aromatic heterocycles. The number of urea groups is 1. The van der Waals surface area contributed by atoms with E-state index >= 15 is 0 Å². The van der Waals surface area contributed by atoms with E-state index in [9.17, 15) is 18.0 Å². The van der Waals surface area contributed by atoms with E-state index < -0.39 is 6.36 Å². The summed E-state index contributed by atoms with van der Waals surface area (Å²) in [5, 5.41) is 10.2. The predicted octanol–water partition coefficient (Wildman–Crippen LogP) is 5.68. The maximum atomic E-state index is 12.4. The van der Waals surface area contributed by atoms with Gasteiger partial charge in [-0.05, 0) is 91.4 Å². The number of aryl methyl sites for hydroxylation is 2. The van der Waals surface area contributed by atoms with Crippen molar-refractivity contribution in [2.45, 2.75) is 31.0 Å². The van der Waals surface area contributed by atoms with Crippen LogP contribution in [0.3, 0.4) is 0 Å². The standard InChI is InChI=1S/C29H31F3N6O3S/c1-20-17-25(40-2)12-13-26(20)42-36-16-15-34-28(39)33-14-4-6-21-5-3-7-22(18-21)27-35-19-38(37-27)23-8-10-24(11-9-23)41-29(30,31)32/h3,5,7-13,17-19,36H,4,6,14-16H2,1-2H3,(H2,33,34,39). The Balaban J connectivity index is 1.16. The van der Waals surface area contributed by atoms with Crippen molar-refractivity contribution in [3.63, 3.8) is 0 Å². The van der Waals surface area contributed by atoms with Crippen LogP contribution in [0.25, 0.3) is 17.1 Å². The Kier molecular flexibility index (Phi) is 10.7. The Morgan fingerprint density at radius 3 is 2.48 bits per heavy atom. The molecule has 3 aromatic carbocycles. The Morgan fingerprint density at radius 1 is 0.976 bits per heavy atom. The number of ether oxygens (including phenoxy) is 2. The number of alkyl halides is 3. The second-order valence-corrected chi connectivity index (χ2v) is 10.1. The zero-order valence-electron chi connectivity index (χ0n) is 23.1. The van der Waals surface area contributed by atoms with Gasteiger partial charge in [0.25, 0.3) is 0 Å². The zero-order chi connectivity index (χ0) is 30.0. The first kappa shape index (κ1) is 30.7. The molecule has 0 aliphatic heterocycles. The lowest BCUT2D eigenvalue weighted by molar-refractivity contribution is -0.274. The van der Waals surface area contributed by atoms with Gasteiger partial charge in [-0.3, -0.25) is 4.72 Å². The maximum absolute atomic E-state index is 12.4. The van der Waals surface area contributed by atoms with Crippen LogP contribution in [0, 0.1) is 6.92 Å². The minimum Gasteiger partial charge on any atom is -0.497 e. The topological polar surface area (TPSA) is 102 Å². The number of aromatic nitrogens is 3. The molecule has 0 radical (unpaired) electrons. The second kappa shape index (κ2) is 14.6. The Labute approximate surface area is 246 Å². The molecule has 0 fully saturated rings. The number of methoxy groups -OCH3 is 1. The first-order valence-corrected chi connectivity index (χ1v) is 13.9. The lowest BCUT2D eigenvalue weighted by atomic mass is 10.1. The fraction of sp³-hybridized carbons (Fsp3) is 0.276. The second-order valence-electron chi connectivity index (χ2n) is 9.17. The van der Waals surface area contributed by atoms with Crippen LogP contribution >= 0.6 is 11.9 Å². The van der Waals surface area contributed by atoms with Gasteiger partial charge in [-0.1, -0.05) is 18.2 Å². The summed E-state index contributed by atoms with van der Waals surface area (Å²) in [7, 11) is 1.64. The highest BCUT2D eigenvalue weighted by Crippen LogP contribution is 2.25. The van der Waals surface area contributed by atoms with Gasteiger partial charge in [0.2, 0.25) is 0 Å². The molecule has 42 heavy (non-hydrogen) atoms. The molecule has 4 aromatic rings. The van der Waals surface area contributed by atoms with E-state index in [2.05, 4.69) is 30.2 Å². The van der Waals surface area contributed by atoms with Gasteiger partial charge in [0.05, 0.1) is 12.8 Å². The van der Waals surface area contributed by atoms with Crippen LogP contribution in [0.4, 0.5) is 18.0 Å². The van der Waals surface area contributed by atoms with E-state index in [-0.39, 0.29) is 11.8 Å². The van der Waals surface area contributed by atoms with E-state index in [0.29, 0.717) is 31.1 Å². The number of rotatable bonds is 13. The summed E-state index contributed by atoms with van der Waals surface area (Å²) in [5.41, 5.74) is 3.53. The fourth-order valence-electron chi connectivity index (χ4n) is 3.96. The fourth-order valence-corrected chi connectivity index (χ4v) is 4.68. The molecule has 0 atom stereocenters. The molecule has 1 heterocycles. The third-order valence-corrected chi connectivity index (χ3v) is 7.04. The van der Waals surface area contributed by atoms with Crippen molar-refractivity contribution in [2.24, 2.45) is 0 Å². The van der Waals surface area contributed by atoms with Crippen LogP contribution in [-0.4, -0.2) is 53.9 Å². The number of nitrogens with one attached hydrogen (secondary N) is 3. The lowest BCUT2D eigenvalue weighted by Gasteiger charge is -2.10. The van der Waals surface area contributed by atoms with Gasteiger partial charge < -0.3 is 20.1 Å². The van der Waals surface area contributed by atoms with Crippen molar-refractivity contribution in [2.75, 3.05) is 26.7 Å². The first-order chi connectivity index (χ1) is 20.2. The maximum Gasteiger partial charge on any atom is 0.573 e. The summed E-state index contributed by atoms with van der Waals surface area (Å²) in [4.78, 5) is 17.5. The number of amides is 2. The molecule has 13 heteroatoms. The van der Waals surface area contributed by atoms with Crippen LogP contribution in [0.5, 0.6) is 11.5 Å². The average Bonchev–Trinajstić information content (AvgIpc) is 3.46. The largest absolute Gasteiger partial charge is 0.573 e. The molecule has 0 bridgehead atoms. The first-order valence-electron chi connectivity index (χ1n) is 13.1. The van der Waals surface area contributed by atoms with Gasteiger partial charge in [0.1, 0.15) is 17.8 Å². The van der Waals surface area contributed by atoms with Crippen molar-refractivity contribution in [1.82, 2.24) is 30.1 Å². The highest BCUT2D eigenvalue weighted by molar-refractivity contribution is 7.97. The minimum absolute atomic E-state index is 0.219. The van der Waals surface area contributed by atoms with Gasteiger partial charge in [0, 0.05) is 30.1 Å². The lowest BCUT2D eigenvalue weighted by Crippen LogP contribution is -2.38. The molecule has 0 unspecified atom stereocenters. The molecule has 9 nitrogen and oxygen atoms in total. The molecule has 222 valence electrons. The van der Waals surface area contributed by atoms with E-state index in [1.807, 2.05) is 49.4 Å². The van der Waals surface area contributed by atoms with Crippen molar-refractivity contribution in [3.05, 3.63) is 84.2 Å². The number of carbonyl (C=O) groups is 1. The summed E-state index contributed by atoms with van der Waals surface area (Å²) in [6.07, 6.45) is -1.76. The van der Waals surface area contributed by atoms with E-state index in [0.717, 1.165) is 40.2 Å². The van der Waals surface area contributed by atoms with E-state index in [1.54, 1.807) is 7.11 Å². The molecule has 0 saturated carbocycles. The summed E-state index contributed by atoms with van der Waals surface area (Å²) >= 11 is 1.51. The number of benzene rings is 3. The normalized spacial score (nSPS) is 11.3. The SMILES string of the molecule is COc1ccc(SNCCNC(=O)NCCCc2cccc(-c3ncn(-c4ccc(OC(F)(F)F)cc4)n3)c2)c(C)c1. The predicted molar refractivity (Wildman–Crippen MR) is 155 cm³/mol. The van der Waals surface area contributed by atoms with Crippen molar-refractivity contribution < 1.29 is 27.4 Å². The highest BCUT2D eigenvalue weighted by atomic mass is 32.2. The summed E-state index contributed by atoms with van der Waals surface area (Å²) in [5.74, 6) is 0.998. The number of nitrogens with zero attached hydrogens (tertiary/aromatic N) is 3. The number of halogens is 3. The highest BCUT2D eigenvalue weighted by Gasteiger charge is 2.31. The van der Waals surface area contributed by atoms with Gasteiger partial charge >= 0.3 is 12.4 Å². The average molecular weight is 601 g/mol. The Bertz CT molecular complexity index is 1460. The van der Waals surface area contributed by atoms with E-state index in [1.165, 1.54) is 47.2 Å². The Morgan fingerprint density at radius 2 is 1.74 bits per heavy atom. The van der Waals surface area contributed by atoms with Crippen LogP contribution in [0.1, 0.15) is 17.5 Å². The number of hydrogen-bond acceptors (Lipinski definition) is 7. The summed E-state index contributed by atoms with van der Waals surface area (Å²) < 4.78 is 51.0. The van der Waals surface area contributed by atoms with Crippen LogP contribution < -0.4 is 24.8 Å². The molecular weight excluding hydrogens is 569 g/mol. The third kappa shape index (κ3) is 9.42. The van der Waals surface area contributed by atoms with Crippen LogP contribution in [-0.2, 0) is 6.42 Å². The van der Waals surface area contributed by atoms with Gasteiger partial charge in [-0.2, -0.15) is 0 Å². The van der Waals surface area contributed by atoms with Gasteiger partial charge in [-0.25, -0.2) is 14.5 Å². The van der Waals surface area contributed by atoms with Gasteiger partial charge in [-0.15, -0.1) is 18.3 Å². The number of carbonyl (C=O) groups excluding carboxylic acids is 1. The molecule has 0 aliphatic carbocycles. The summed E-state index contributed by atoms with van der Waals surface area (Å²) in [6, 6.07) is 18.8. The van der Waals surface area contributed by atoms with Crippen LogP contribution in [0.2, 0.25) is 0 Å². The third-order valence-electron chi connectivity index (χ3n) is 6.02. The number of hydrogen-bond donors (Lipinski definition) is 3. The molecule has 3 N–H and O–H groups in total. The monoisotopic (exact) mass is 600 g/mol.